The zero-order valence-electron chi connectivity index (χ0n) is 11.1. The fourth-order valence-corrected chi connectivity index (χ4v) is 1.76. The predicted molar refractivity (Wildman–Crippen MR) is 69.2 cm³/mol. The number of carboxylic acids is 1. The molecule has 0 fully saturated rings. The summed E-state index contributed by atoms with van der Waals surface area (Å²) in [5.74, 6) is -1.06. The molecule has 106 valence electrons. The largest absolute Gasteiger partial charge is 0.481 e. The van der Waals surface area contributed by atoms with E-state index in [1.165, 1.54) is 0 Å². The monoisotopic (exact) mass is 270 g/mol. The predicted octanol–water partition coefficient (Wildman–Crippen LogP) is 0.150. The van der Waals surface area contributed by atoms with Gasteiger partial charge < -0.3 is 10.4 Å². The molecule has 0 amide bonds. The van der Waals surface area contributed by atoms with Crippen molar-refractivity contribution in [3.8, 4) is 0 Å². The first kappa shape index (κ1) is 14.9. The van der Waals surface area contributed by atoms with Gasteiger partial charge in [-0.25, -0.2) is 9.89 Å². The SMILES string of the molecule is CC(C)(C)CC(CC(=O)O)Nc1n[nH]c(=O)[nH]c1=O. The normalized spacial score (nSPS) is 13.0. The third kappa shape index (κ3) is 5.36. The molecule has 1 heterocycles. The van der Waals surface area contributed by atoms with Gasteiger partial charge >= 0.3 is 11.7 Å². The average Bonchev–Trinajstić information content (AvgIpc) is 2.18. The van der Waals surface area contributed by atoms with Crippen LogP contribution in [0.2, 0.25) is 0 Å². The van der Waals surface area contributed by atoms with Crippen molar-refractivity contribution in [2.45, 2.75) is 39.7 Å². The molecule has 4 N–H and O–H groups in total. The standard InChI is InChI=1S/C11H18N4O4/c1-11(2,3)5-6(4-7(16)17)12-8-9(18)13-10(19)15-14-8/h6H,4-5H2,1-3H3,(H,12,14)(H,16,17)(H2,13,15,18,19). The van der Waals surface area contributed by atoms with Gasteiger partial charge in [-0.1, -0.05) is 20.8 Å². The molecule has 1 rings (SSSR count). The van der Waals surface area contributed by atoms with Crippen molar-refractivity contribution < 1.29 is 9.90 Å². The lowest BCUT2D eigenvalue weighted by molar-refractivity contribution is -0.137. The molecular formula is C11H18N4O4. The van der Waals surface area contributed by atoms with Gasteiger partial charge in [0.05, 0.1) is 6.42 Å². The zero-order valence-corrected chi connectivity index (χ0v) is 11.1. The molecule has 1 aromatic rings. The molecule has 1 unspecified atom stereocenters. The number of aliphatic carboxylic acids is 1. The van der Waals surface area contributed by atoms with E-state index in [9.17, 15) is 14.4 Å². The Kier molecular flexibility index (Phi) is 4.47. The highest BCUT2D eigenvalue weighted by Gasteiger charge is 2.22. The number of nitrogens with one attached hydrogen (secondary N) is 3. The number of H-pyrrole nitrogens is 2. The van der Waals surface area contributed by atoms with Crippen LogP contribution in [0.4, 0.5) is 5.82 Å². The van der Waals surface area contributed by atoms with Crippen LogP contribution in [0.1, 0.15) is 33.6 Å². The minimum atomic E-state index is -0.970. The van der Waals surface area contributed by atoms with E-state index in [4.69, 9.17) is 5.11 Å². The van der Waals surface area contributed by atoms with E-state index in [1.807, 2.05) is 25.8 Å². The first-order valence-corrected chi connectivity index (χ1v) is 5.85. The number of rotatable bonds is 5. The van der Waals surface area contributed by atoms with Gasteiger partial charge in [-0.05, 0) is 11.8 Å². The Hall–Kier alpha value is -2.12. The molecule has 0 saturated heterocycles. The highest BCUT2D eigenvalue weighted by Crippen LogP contribution is 2.23. The Balaban J connectivity index is 2.90. The number of nitrogens with zero attached hydrogens (tertiary/aromatic N) is 1. The van der Waals surface area contributed by atoms with Crippen LogP contribution in [0.5, 0.6) is 0 Å². The summed E-state index contributed by atoms with van der Waals surface area (Å²) in [6.07, 6.45) is 0.400. The molecule has 8 nitrogen and oxygen atoms in total. The van der Waals surface area contributed by atoms with Crippen molar-refractivity contribution in [2.75, 3.05) is 5.32 Å². The van der Waals surface area contributed by atoms with Crippen molar-refractivity contribution in [1.82, 2.24) is 15.2 Å². The lowest BCUT2D eigenvalue weighted by atomic mass is 9.87. The van der Waals surface area contributed by atoms with Gasteiger partial charge in [-0.2, -0.15) is 0 Å². The van der Waals surface area contributed by atoms with Gasteiger partial charge in [0.2, 0.25) is 5.82 Å². The van der Waals surface area contributed by atoms with Crippen LogP contribution in [0, 0.1) is 5.41 Å². The van der Waals surface area contributed by atoms with Crippen LogP contribution in [-0.2, 0) is 4.79 Å². The Morgan fingerprint density at radius 2 is 2.05 bits per heavy atom. The molecule has 1 aromatic heterocycles. The van der Waals surface area contributed by atoms with E-state index in [1.54, 1.807) is 0 Å². The molecule has 8 heteroatoms. The summed E-state index contributed by atoms with van der Waals surface area (Å²) in [4.78, 5) is 35.2. The van der Waals surface area contributed by atoms with E-state index in [2.05, 4.69) is 15.5 Å². The van der Waals surface area contributed by atoms with E-state index in [0.717, 1.165) is 0 Å². The number of carboxylic acid groups (broad SMARTS) is 1. The second-order valence-corrected chi connectivity index (χ2v) is 5.56. The number of aromatic amines is 2. The van der Waals surface area contributed by atoms with Gasteiger partial charge in [0.15, 0.2) is 0 Å². The molecule has 0 bridgehead atoms. The van der Waals surface area contributed by atoms with Crippen LogP contribution in [0.15, 0.2) is 9.59 Å². The second kappa shape index (κ2) is 5.68. The Morgan fingerprint density at radius 3 is 2.53 bits per heavy atom. The Bertz CT molecular complexity index is 555. The number of hydrogen-bond acceptors (Lipinski definition) is 5. The van der Waals surface area contributed by atoms with E-state index >= 15 is 0 Å². The third-order valence-corrected chi connectivity index (χ3v) is 2.33. The molecule has 0 aliphatic heterocycles. The number of hydrogen-bond donors (Lipinski definition) is 4. The summed E-state index contributed by atoms with van der Waals surface area (Å²) < 4.78 is 0. The second-order valence-electron chi connectivity index (χ2n) is 5.56. The smallest absolute Gasteiger partial charge is 0.342 e. The first-order chi connectivity index (χ1) is 8.67. The fraction of sp³-hybridized carbons (Fsp3) is 0.636. The van der Waals surface area contributed by atoms with E-state index in [-0.39, 0.29) is 17.7 Å². The van der Waals surface area contributed by atoms with Crippen molar-refractivity contribution in [2.24, 2.45) is 5.41 Å². The average molecular weight is 270 g/mol. The Labute approximate surface area is 109 Å². The molecule has 0 spiro atoms. The van der Waals surface area contributed by atoms with Crippen molar-refractivity contribution in [1.29, 1.82) is 0 Å². The molecular weight excluding hydrogens is 252 g/mol. The van der Waals surface area contributed by atoms with Gasteiger partial charge in [0.25, 0.3) is 5.56 Å². The third-order valence-electron chi connectivity index (χ3n) is 2.33. The van der Waals surface area contributed by atoms with Crippen molar-refractivity contribution >= 4 is 11.8 Å². The molecule has 1 atom stereocenters. The molecule has 19 heavy (non-hydrogen) atoms. The number of anilines is 1. The molecule has 0 saturated carbocycles. The lowest BCUT2D eigenvalue weighted by Gasteiger charge is -2.25. The van der Waals surface area contributed by atoms with Crippen molar-refractivity contribution in [3.63, 3.8) is 0 Å². The quantitative estimate of drug-likeness (QED) is 0.603. The minimum absolute atomic E-state index is 0.0879. The summed E-state index contributed by atoms with van der Waals surface area (Å²) in [5, 5.41) is 17.3. The van der Waals surface area contributed by atoms with Gasteiger partial charge in [0, 0.05) is 6.04 Å². The number of carbonyl (C=O) groups is 1. The molecule has 0 aliphatic carbocycles. The molecule has 0 aliphatic rings. The summed E-state index contributed by atoms with van der Waals surface area (Å²) in [7, 11) is 0. The van der Waals surface area contributed by atoms with E-state index in [0.29, 0.717) is 6.42 Å². The summed E-state index contributed by atoms with van der Waals surface area (Å²) >= 11 is 0. The minimum Gasteiger partial charge on any atom is -0.481 e. The Morgan fingerprint density at radius 1 is 1.42 bits per heavy atom. The first-order valence-electron chi connectivity index (χ1n) is 5.85. The van der Waals surface area contributed by atoms with Crippen LogP contribution in [0.25, 0.3) is 0 Å². The summed E-state index contributed by atoms with van der Waals surface area (Å²) in [5.41, 5.74) is -1.49. The van der Waals surface area contributed by atoms with E-state index < -0.39 is 23.3 Å². The summed E-state index contributed by atoms with van der Waals surface area (Å²) in [6, 6.07) is -0.447. The van der Waals surface area contributed by atoms with Crippen LogP contribution in [-0.4, -0.2) is 32.3 Å². The van der Waals surface area contributed by atoms with Crippen LogP contribution < -0.4 is 16.6 Å². The maximum Gasteiger partial charge on any atom is 0.342 e. The highest BCUT2D eigenvalue weighted by atomic mass is 16.4. The fourth-order valence-electron chi connectivity index (χ4n) is 1.76. The maximum absolute atomic E-state index is 11.5. The summed E-state index contributed by atoms with van der Waals surface area (Å²) in [6.45, 7) is 5.90. The zero-order chi connectivity index (χ0) is 14.6. The van der Waals surface area contributed by atoms with Crippen molar-refractivity contribution in [3.05, 3.63) is 20.8 Å². The topological polar surface area (TPSA) is 128 Å². The van der Waals surface area contributed by atoms with Gasteiger partial charge in [-0.15, -0.1) is 5.10 Å². The molecule has 0 aromatic carbocycles. The number of aromatic nitrogens is 3. The molecule has 0 radical (unpaired) electrons. The van der Waals surface area contributed by atoms with Gasteiger partial charge in [-0.3, -0.25) is 14.6 Å². The van der Waals surface area contributed by atoms with Crippen LogP contribution in [0.3, 0.4) is 0 Å². The highest BCUT2D eigenvalue weighted by molar-refractivity contribution is 5.68. The maximum atomic E-state index is 11.5. The van der Waals surface area contributed by atoms with Crippen LogP contribution >= 0.6 is 0 Å². The van der Waals surface area contributed by atoms with Gasteiger partial charge in [0.1, 0.15) is 0 Å². The lowest BCUT2D eigenvalue weighted by Crippen LogP contribution is -2.34.